The maximum absolute atomic E-state index is 12.8. The zero-order valence-electron chi connectivity index (χ0n) is 16.4. The number of hydrogen-bond donors (Lipinski definition) is 3. The molecule has 2 aromatic rings. The Kier molecular flexibility index (Phi) is 7.22. The summed E-state index contributed by atoms with van der Waals surface area (Å²) in [5.74, 6) is -1.30. The normalized spacial score (nSPS) is 11.0. The number of halogens is 1. The minimum Gasteiger partial charge on any atom is -0.480 e. The Bertz CT molecular complexity index is 938. The van der Waals surface area contributed by atoms with Gasteiger partial charge in [0, 0.05) is 18.7 Å². The van der Waals surface area contributed by atoms with Crippen molar-refractivity contribution in [3.63, 3.8) is 0 Å². The first-order chi connectivity index (χ1) is 13.6. The number of carbonyl (C=O) groups excluding carboxylic acids is 1. The van der Waals surface area contributed by atoms with E-state index in [9.17, 15) is 19.5 Å². The van der Waals surface area contributed by atoms with Gasteiger partial charge in [0.25, 0.3) is 5.56 Å². The Morgan fingerprint density at radius 3 is 2.45 bits per heavy atom. The summed E-state index contributed by atoms with van der Waals surface area (Å²) >= 11 is 6.27. The van der Waals surface area contributed by atoms with Gasteiger partial charge in [0.15, 0.2) is 11.0 Å². The summed E-state index contributed by atoms with van der Waals surface area (Å²) < 4.78 is 6.17. The fraction of sp³-hybridized carbons (Fsp3) is 0.368. The first-order valence-corrected chi connectivity index (χ1v) is 9.24. The molecule has 0 spiro atoms. The molecule has 9 nitrogen and oxygen atoms in total. The molecular weight excluding hydrogens is 400 g/mol. The van der Waals surface area contributed by atoms with Crippen molar-refractivity contribution < 1.29 is 19.4 Å². The number of carboxylic acids is 1. The van der Waals surface area contributed by atoms with Crippen LogP contribution in [0.5, 0.6) is 0 Å². The summed E-state index contributed by atoms with van der Waals surface area (Å²) in [6.45, 7) is 4.99. The molecule has 0 aliphatic rings. The van der Waals surface area contributed by atoms with Gasteiger partial charge in [-0.1, -0.05) is 41.9 Å². The SMILES string of the molecule is CC(C)(C)OC(=O)NCCNc1nc(Cl)c(-c2ccccc2)n(CC(=O)O)c1=O. The van der Waals surface area contributed by atoms with Crippen LogP contribution in [0.1, 0.15) is 20.8 Å². The number of carboxylic acid groups (broad SMARTS) is 1. The Morgan fingerprint density at radius 2 is 1.86 bits per heavy atom. The van der Waals surface area contributed by atoms with Crippen LogP contribution in [0.4, 0.5) is 10.6 Å². The van der Waals surface area contributed by atoms with Gasteiger partial charge in [-0.2, -0.15) is 0 Å². The van der Waals surface area contributed by atoms with Gasteiger partial charge < -0.3 is 20.5 Å². The van der Waals surface area contributed by atoms with Gasteiger partial charge in [0.1, 0.15) is 12.1 Å². The largest absolute Gasteiger partial charge is 0.480 e. The highest BCUT2D eigenvalue weighted by Crippen LogP contribution is 2.26. The van der Waals surface area contributed by atoms with Gasteiger partial charge in [-0.25, -0.2) is 9.78 Å². The molecule has 156 valence electrons. The molecule has 29 heavy (non-hydrogen) atoms. The van der Waals surface area contributed by atoms with Crippen molar-refractivity contribution in [1.29, 1.82) is 0 Å². The first-order valence-electron chi connectivity index (χ1n) is 8.87. The molecule has 10 heteroatoms. The minimum absolute atomic E-state index is 0.0142. The van der Waals surface area contributed by atoms with Crippen molar-refractivity contribution in [1.82, 2.24) is 14.9 Å². The second-order valence-electron chi connectivity index (χ2n) is 7.11. The molecule has 0 radical (unpaired) electrons. The highest BCUT2D eigenvalue weighted by atomic mass is 35.5. The zero-order valence-corrected chi connectivity index (χ0v) is 17.1. The zero-order chi connectivity index (χ0) is 21.6. The lowest BCUT2D eigenvalue weighted by molar-refractivity contribution is -0.137. The molecule has 0 unspecified atom stereocenters. The number of rotatable bonds is 7. The Balaban J connectivity index is 2.20. The van der Waals surface area contributed by atoms with Crippen molar-refractivity contribution in [2.24, 2.45) is 0 Å². The molecule has 0 aliphatic heterocycles. The van der Waals surface area contributed by atoms with E-state index in [0.717, 1.165) is 4.57 Å². The van der Waals surface area contributed by atoms with Crippen molar-refractivity contribution in [2.75, 3.05) is 18.4 Å². The molecule has 0 saturated carbocycles. The van der Waals surface area contributed by atoms with Crippen LogP contribution in [0.25, 0.3) is 11.3 Å². The van der Waals surface area contributed by atoms with Crippen molar-refractivity contribution >= 4 is 29.5 Å². The number of carbonyl (C=O) groups is 2. The van der Waals surface area contributed by atoms with Crippen LogP contribution in [0, 0.1) is 0 Å². The van der Waals surface area contributed by atoms with Crippen LogP contribution in [-0.2, 0) is 16.1 Å². The smallest absolute Gasteiger partial charge is 0.407 e. The summed E-state index contributed by atoms with van der Waals surface area (Å²) in [4.78, 5) is 39.8. The fourth-order valence-corrected chi connectivity index (χ4v) is 2.77. The number of aromatic nitrogens is 2. The van der Waals surface area contributed by atoms with Crippen LogP contribution in [-0.4, -0.2) is 45.4 Å². The number of anilines is 1. The molecule has 3 N–H and O–H groups in total. The molecule has 1 amide bonds. The molecule has 1 aromatic heterocycles. The molecule has 0 bridgehead atoms. The lowest BCUT2D eigenvalue weighted by Crippen LogP contribution is -2.36. The van der Waals surface area contributed by atoms with Crippen molar-refractivity contribution in [2.45, 2.75) is 32.9 Å². The van der Waals surface area contributed by atoms with E-state index in [1.807, 2.05) is 0 Å². The second-order valence-corrected chi connectivity index (χ2v) is 7.46. The van der Waals surface area contributed by atoms with E-state index in [-0.39, 0.29) is 29.8 Å². The van der Waals surface area contributed by atoms with Gasteiger partial charge in [0.2, 0.25) is 0 Å². The number of alkyl carbamates (subject to hydrolysis) is 1. The number of hydrogen-bond acceptors (Lipinski definition) is 6. The topological polar surface area (TPSA) is 123 Å². The van der Waals surface area contributed by atoms with Gasteiger partial charge in [-0.15, -0.1) is 0 Å². The van der Waals surface area contributed by atoms with Gasteiger partial charge in [-0.3, -0.25) is 14.2 Å². The average molecular weight is 423 g/mol. The highest BCUT2D eigenvalue weighted by Gasteiger charge is 2.19. The van der Waals surface area contributed by atoms with Crippen LogP contribution < -0.4 is 16.2 Å². The monoisotopic (exact) mass is 422 g/mol. The maximum atomic E-state index is 12.8. The van der Waals surface area contributed by atoms with E-state index in [4.69, 9.17) is 16.3 Å². The van der Waals surface area contributed by atoms with E-state index >= 15 is 0 Å². The van der Waals surface area contributed by atoms with Crippen LogP contribution >= 0.6 is 11.6 Å². The quantitative estimate of drug-likeness (QED) is 0.586. The number of benzene rings is 1. The number of ether oxygens (including phenoxy) is 1. The number of amides is 1. The highest BCUT2D eigenvalue weighted by molar-refractivity contribution is 6.32. The third kappa shape index (κ3) is 6.49. The molecule has 0 atom stereocenters. The predicted octanol–water partition coefficient (Wildman–Crippen LogP) is 2.58. The number of nitrogens with one attached hydrogen (secondary N) is 2. The van der Waals surface area contributed by atoms with E-state index in [2.05, 4.69) is 15.6 Å². The van der Waals surface area contributed by atoms with Crippen LogP contribution in [0.15, 0.2) is 35.1 Å². The summed E-state index contributed by atoms with van der Waals surface area (Å²) in [5.41, 5.74) is -0.462. The molecule has 1 heterocycles. The molecule has 0 saturated heterocycles. The summed E-state index contributed by atoms with van der Waals surface area (Å²) in [5, 5.41) is 14.5. The number of aliphatic carboxylic acids is 1. The third-order valence-corrected chi connectivity index (χ3v) is 3.81. The average Bonchev–Trinajstić information content (AvgIpc) is 2.61. The van der Waals surface area contributed by atoms with E-state index < -0.39 is 29.8 Å². The third-order valence-electron chi connectivity index (χ3n) is 3.55. The van der Waals surface area contributed by atoms with E-state index in [1.54, 1.807) is 51.1 Å². The Hall–Kier alpha value is -3.07. The Labute approximate surface area is 172 Å². The molecule has 0 fully saturated rings. The summed E-state index contributed by atoms with van der Waals surface area (Å²) in [6.07, 6.45) is -0.590. The molecule has 0 aliphatic carbocycles. The fourth-order valence-electron chi connectivity index (χ4n) is 2.47. The van der Waals surface area contributed by atoms with Crippen LogP contribution in [0.3, 0.4) is 0 Å². The molecular formula is C19H23ClN4O5. The lowest BCUT2D eigenvalue weighted by Gasteiger charge is -2.19. The van der Waals surface area contributed by atoms with E-state index in [0.29, 0.717) is 5.56 Å². The van der Waals surface area contributed by atoms with Crippen molar-refractivity contribution in [3.05, 3.63) is 45.8 Å². The maximum Gasteiger partial charge on any atom is 0.407 e. The standard InChI is InChI=1S/C19H23ClN4O5/c1-19(2,3)29-18(28)22-10-9-21-16-17(27)24(11-13(25)26)14(15(20)23-16)12-7-5-4-6-8-12/h4-8H,9-11H2,1-3H3,(H,21,23)(H,22,28)(H,25,26). The second kappa shape index (κ2) is 9.42. The summed E-state index contributed by atoms with van der Waals surface area (Å²) in [6, 6.07) is 8.70. The molecule has 2 rings (SSSR count). The minimum atomic E-state index is -1.19. The van der Waals surface area contributed by atoms with Gasteiger partial charge in [-0.05, 0) is 20.8 Å². The van der Waals surface area contributed by atoms with Gasteiger partial charge >= 0.3 is 12.1 Å². The predicted molar refractivity (Wildman–Crippen MR) is 109 cm³/mol. The van der Waals surface area contributed by atoms with Gasteiger partial charge in [0.05, 0.1) is 5.69 Å². The molecule has 1 aromatic carbocycles. The van der Waals surface area contributed by atoms with Crippen LogP contribution in [0.2, 0.25) is 5.15 Å². The van der Waals surface area contributed by atoms with E-state index in [1.165, 1.54) is 0 Å². The summed E-state index contributed by atoms with van der Waals surface area (Å²) in [7, 11) is 0. The lowest BCUT2D eigenvalue weighted by atomic mass is 10.1. The van der Waals surface area contributed by atoms with Crippen molar-refractivity contribution in [3.8, 4) is 11.3 Å². The Morgan fingerprint density at radius 1 is 1.21 bits per heavy atom. The first kappa shape index (κ1) is 22.2. The number of nitrogens with zero attached hydrogens (tertiary/aromatic N) is 2.